The summed E-state index contributed by atoms with van der Waals surface area (Å²) in [5.41, 5.74) is 2.20. The maximum Gasteiger partial charge on any atom is 0.243 e. The highest BCUT2D eigenvalue weighted by atomic mass is 31.2. The van der Waals surface area contributed by atoms with Gasteiger partial charge in [-0.05, 0) is 81.3 Å². The minimum absolute atomic E-state index is 0.262. The quantitative estimate of drug-likeness (QED) is 0.0886. The highest BCUT2D eigenvalue weighted by Crippen LogP contribution is 2.39. The molecule has 0 aliphatic carbocycles. The van der Waals surface area contributed by atoms with E-state index in [4.69, 9.17) is 42.1 Å². The molecule has 12 nitrogen and oxygen atoms in total. The van der Waals surface area contributed by atoms with Gasteiger partial charge in [0.1, 0.15) is 11.5 Å². The Hall–Kier alpha value is -1.80. The van der Waals surface area contributed by atoms with Gasteiger partial charge in [-0.2, -0.15) is 4.51 Å². The lowest BCUT2D eigenvalue weighted by molar-refractivity contribution is -0.0199. The van der Waals surface area contributed by atoms with Gasteiger partial charge in [-0.25, -0.2) is 0 Å². The molecule has 0 fully saturated rings. The molecule has 0 saturated heterocycles. The van der Waals surface area contributed by atoms with Crippen LogP contribution in [0.4, 0.5) is 0 Å². The number of hydrogen-bond donors (Lipinski definition) is 0. The van der Waals surface area contributed by atoms with E-state index in [0.717, 1.165) is 54.7 Å². The molecule has 0 saturated carbocycles. The van der Waals surface area contributed by atoms with Crippen LogP contribution < -0.4 is 37.6 Å². The molecule has 1 aromatic heterocycles. The molecule has 0 aliphatic rings. The van der Waals surface area contributed by atoms with Crippen molar-refractivity contribution in [2.24, 2.45) is 0 Å². The van der Waals surface area contributed by atoms with E-state index in [1.807, 2.05) is 66.6 Å². The highest BCUT2D eigenvalue weighted by molar-refractivity contribution is 7.57. The van der Waals surface area contributed by atoms with Crippen molar-refractivity contribution < 1.29 is 37.6 Å². The summed E-state index contributed by atoms with van der Waals surface area (Å²) in [5.74, 6) is 1.45. The van der Waals surface area contributed by atoms with E-state index in [2.05, 4.69) is 34.6 Å². The molecule has 0 bridgehead atoms. The normalized spacial score (nSPS) is 12.5. The maximum absolute atomic E-state index is 6.51. The zero-order chi connectivity index (χ0) is 34.6. The van der Waals surface area contributed by atoms with Crippen molar-refractivity contribution in [1.82, 2.24) is 17.3 Å². The molecular formula is C32H54N4O8P4. The molecule has 0 spiro atoms. The number of benzene rings is 2. The van der Waals surface area contributed by atoms with Gasteiger partial charge in [0.15, 0.2) is 8.51 Å². The predicted octanol–water partition coefficient (Wildman–Crippen LogP) is 8.39. The van der Waals surface area contributed by atoms with E-state index in [1.165, 1.54) is 0 Å². The van der Waals surface area contributed by atoms with Crippen molar-refractivity contribution >= 4 is 32.7 Å². The minimum Gasteiger partial charge on any atom is -0.455 e. The first-order valence-corrected chi connectivity index (χ1v) is 21.2. The van der Waals surface area contributed by atoms with Gasteiger partial charge in [0.05, 0.1) is 39.6 Å². The van der Waals surface area contributed by atoms with Crippen LogP contribution in [0.5, 0.6) is 11.5 Å². The van der Waals surface area contributed by atoms with Crippen molar-refractivity contribution in [3.8, 4) is 11.5 Å². The summed E-state index contributed by atoms with van der Waals surface area (Å²) in [6, 6.07) is 15.9. The van der Waals surface area contributed by atoms with E-state index in [1.54, 1.807) is 8.51 Å². The summed E-state index contributed by atoms with van der Waals surface area (Å²) in [6.07, 6.45) is 3.92. The summed E-state index contributed by atoms with van der Waals surface area (Å²) >= 11 is 0. The van der Waals surface area contributed by atoms with Gasteiger partial charge < -0.3 is 23.0 Å². The van der Waals surface area contributed by atoms with Crippen molar-refractivity contribution in [3.63, 3.8) is 0 Å². The third kappa shape index (κ3) is 13.8. The first-order chi connectivity index (χ1) is 23.4. The molecule has 0 amide bonds. The van der Waals surface area contributed by atoms with Gasteiger partial charge in [-0.1, -0.05) is 58.9 Å². The Morgan fingerprint density at radius 2 is 1.15 bits per heavy atom. The van der Waals surface area contributed by atoms with Crippen LogP contribution in [0.25, 0.3) is 0 Å². The molecule has 270 valence electrons. The summed E-state index contributed by atoms with van der Waals surface area (Å²) in [4.78, 5) is 19.3. The van der Waals surface area contributed by atoms with Crippen molar-refractivity contribution in [1.29, 1.82) is 0 Å². The molecule has 0 aliphatic heterocycles. The lowest BCUT2D eigenvalue weighted by Gasteiger charge is -2.23. The number of nitrogens with zero attached hydrogens (tertiary/aromatic N) is 4. The van der Waals surface area contributed by atoms with E-state index in [9.17, 15) is 0 Å². The first kappa shape index (κ1) is 40.6. The third-order valence-electron chi connectivity index (χ3n) is 6.05. The molecular weight excluding hydrogens is 692 g/mol. The molecule has 3 aromatic rings. The van der Waals surface area contributed by atoms with Gasteiger partial charge in [0.2, 0.25) is 30.5 Å². The number of rotatable bonds is 23. The summed E-state index contributed by atoms with van der Waals surface area (Å²) in [5, 5.41) is 0. The Bertz CT molecular complexity index is 1380. The summed E-state index contributed by atoms with van der Waals surface area (Å²) < 4.78 is 42.3. The predicted molar refractivity (Wildman–Crippen MR) is 196 cm³/mol. The van der Waals surface area contributed by atoms with Gasteiger partial charge >= 0.3 is 0 Å². The second kappa shape index (κ2) is 23.6. The number of aromatic nitrogens is 4. The van der Waals surface area contributed by atoms with Crippen LogP contribution in [0.3, 0.4) is 0 Å². The maximum atomic E-state index is 6.51. The molecule has 48 heavy (non-hydrogen) atoms. The van der Waals surface area contributed by atoms with E-state index in [0.29, 0.717) is 48.0 Å². The molecule has 1 heterocycles. The van der Waals surface area contributed by atoms with E-state index >= 15 is 0 Å². The fourth-order valence-electron chi connectivity index (χ4n) is 3.86. The van der Waals surface area contributed by atoms with Crippen LogP contribution >= 0.6 is 32.7 Å². The third-order valence-corrected chi connectivity index (χ3v) is 13.1. The second-order valence-electron chi connectivity index (χ2n) is 10.8. The lowest BCUT2D eigenvalue weighted by atomic mass is 10.2. The van der Waals surface area contributed by atoms with Gasteiger partial charge in [0.25, 0.3) is 0 Å². The molecule has 0 radical (unpaired) electrons. The number of ether oxygens (including phenoxy) is 2. The van der Waals surface area contributed by atoms with E-state index in [-0.39, 0.29) is 6.61 Å². The molecule has 2 aromatic carbocycles. The van der Waals surface area contributed by atoms with Crippen molar-refractivity contribution in [2.75, 3.05) is 39.6 Å². The standard InChI is InChI=1S/C32H54N4O8P4/c1-8-20-38-35-46(40-22-10-3)33-45-34(47(41-23-11-4)36(39-21-9-2)48(35)42-24-12-5)37-25-19-32(43-30-17-13-15-28(6)26-30)44-31-18-14-16-29(7)27-31/h13-18,26-27,32H,8-12,19-25H2,1-7H3. The fourth-order valence-corrected chi connectivity index (χ4v) is 11.7. The van der Waals surface area contributed by atoms with Crippen LogP contribution in [0.15, 0.2) is 48.5 Å². The first-order valence-electron chi connectivity index (χ1n) is 16.9. The molecule has 3 atom stereocenters. The number of aryl methyl sites for hydroxylation is 2. The number of hydrogen-bond acceptors (Lipinski definition) is 9. The SMILES string of the molecule is CCCOn1p(OCCC)npn(OCCC(Oc2cccc(C)c2)Oc2cccc(C)c2)p(OCCC)n(OCCC)p1OCCC. The Morgan fingerprint density at radius 1 is 0.625 bits per heavy atom. The molecule has 16 heteroatoms. The lowest BCUT2D eigenvalue weighted by Crippen LogP contribution is -2.28. The van der Waals surface area contributed by atoms with Gasteiger partial charge in [-0.15, -0.1) is 12.8 Å². The topological polar surface area (TPSA) is 102 Å². The van der Waals surface area contributed by atoms with Crippen LogP contribution in [0.1, 0.15) is 84.3 Å². The monoisotopic (exact) mass is 746 g/mol. The smallest absolute Gasteiger partial charge is 0.243 e. The Kier molecular flexibility index (Phi) is 20.0. The Morgan fingerprint density at radius 3 is 1.69 bits per heavy atom. The van der Waals surface area contributed by atoms with Crippen molar-refractivity contribution in [3.05, 3.63) is 59.7 Å². The van der Waals surface area contributed by atoms with Crippen molar-refractivity contribution in [2.45, 2.75) is 93.3 Å². The van der Waals surface area contributed by atoms with Gasteiger partial charge in [-0.3, -0.25) is 14.5 Å². The summed E-state index contributed by atoms with van der Waals surface area (Å²) in [6.45, 7) is 17.2. The zero-order valence-corrected chi connectivity index (χ0v) is 33.1. The zero-order valence-electron chi connectivity index (χ0n) is 29.5. The average Bonchev–Trinajstić information content (AvgIpc) is 3.07. The average molecular weight is 747 g/mol. The van der Waals surface area contributed by atoms with Crippen LogP contribution in [0, 0.1) is 13.8 Å². The van der Waals surface area contributed by atoms with Gasteiger partial charge in [0, 0.05) is 6.42 Å². The highest BCUT2D eigenvalue weighted by Gasteiger charge is 2.21. The van der Waals surface area contributed by atoms with Crippen LogP contribution in [-0.2, 0) is 0 Å². The second-order valence-corrected chi connectivity index (χ2v) is 17.1. The summed E-state index contributed by atoms with van der Waals surface area (Å²) in [7, 11) is -4.36. The Labute approximate surface area is 291 Å². The largest absolute Gasteiger partial charge is 0.455 e. The molecule has 3 unspecified atom stereocenters. The fraction of sp³-hybridized carbons (Fsp3) is 0.625. The van der Waals surface area contributed by atoms with Crippen LogP contribution in [-0.4, -0.2) is 63.2 Å². The van der Waals surface area contributed by atoms with Crippen LogP contribution in [0.2, 0.25) is 0 Å². The van der Waals surface area contributed by atoms with E-state index < -0.39 is 30.5 Å². The molecule has 3 rings (SSSR count). The molecule has 0 N–H and O–H groups in total. The minimum atomic E-state index is -1.65. The Balaban J connectivity index is 2.09.